The fraction of sp³-hybridized carbons (Fsp3) is 0.389. The van der Waals surface area contributed by atoms with Crippen LogP contribution in [-0.2, 0) is 25.7 Å². The van der Waals surface area contributed by atoms with E-state index in [0.717, 1.165) is 5.57 Å². The van der Waals surface area contributed by atoms with E-state index in [1.54, 1.807) is 24.5 Å². The summed E-state index contributed by atoms with van der Waals surface area (Å²) < 4.78 is 10.4. The summed E-state index contributed by atoms with van der Waals surface area (Å²) in [6.07, 6.45) is 6.94. The summed E-state index contributed by atoms with van der Waals surface area (Å²) >= 11 is 0. The van der Waals surface area contributed by atoms with Crippen molar-refractivity contribution in [2.75, 3.05) is 13.7 Å². The largest absolute Gasteiger partial charge is 0.486 e. The number of rotatable bonds is 8. The number of Topliss-reactive ketones (excluding diaryl/α,β-unsaturated/α-hetero) is 1. The van der Waals surface area contributed by atoms with Gasteiger partial charge in [0.15, 0.2) is 5.82 Å². The standard InChI is InChI=1S/C18H22N4O4/c1-11-7-14(22-9-17(24)25-3)13(18(19)12(2)23)8-15(11)26-10-16-20-5-4-6-21-16/h4-8,13-14,19,22H,9-10H2,1-3H3/p+1. The van der Waals surface area contributed by atoms with Crippen LogP contribution in [0.4, 0.5) is 0 Å². The summed E-state index contributed by atoms with van der Waals surface area (Å²) in [7, 11) is 1.32. The lowest BCUT2D eigenvalue weighted by Gasteiger charge is -2.26. The smallest absolute Gasteiger partial charge is 0.319 e. The third-order valence-corrected chi connectivity index (χ3v) is 3.99. The fourth-order valence-corrected chi connectivity index (χ4v) is 2.54. The Morgan fingerprint density at radius 3 is 2.58 bits per heavy atom. The number of carbonyl (C=O) groups excluding carboxylic acids is 2. The van der Waals surface area contributed by atoms with Crippen LogP contribution in [0.2, 0.25) is 0 Å². The quantitative estimate of drug-likeness (QED) is 0.469. The Morgan fingerprint density at radius 2 is 1.96 bits per heavy atom. The van der Waals surface area contributed by atoms with Gasteiger partial charge in [-0.3, -0.25) is 20.3 Å². The minimum Gasteiger partial charge on any atom is -0.486 e. The summed E-state index contributed by atoms with van der Waals surface area (Å²) in [5.74, 6) is 0.0841. The second-order valence-corrected chi connectivity index (χ2v) is 5.85. The molecule has 138 valence electrons. The highest BCUT2D eigenvalue weighted by molar-refractivity contribution is 6.37. The fourth-order valence-electron chi connectivity index (χ4n) is 2.54. The lowest BCUT2D eigenvalue weighted by Crippen LogP contribution is -2.54. The normalized spacial score (nSPS) is 19.2. The Labute approximate surface area is 151 Å². The molecular weight excluding hydrogens is 336 g/mol. The van der Waals surface area contributed by atoms with Gasteiger partial charge >= 0.3 is 5.97 Å². The molecule has 3 N–H and O–H groups in total. The van der Waals surface area contributed by atoms with E-state index in [2.05, 4.69) is 20.0 Å². The topological polar surface area (TPSA) is 116 Å². The van der Waals surface area contributed by atoms with Crippen LogP contribution in [0.15, 0.2) is 41.9 Å². The monoisotopic (exact) mass is 359 g/mol. The summed E-state index contributed by atoms with van der Waals surface area (Å²) in [4.78, 5) is 31.4. The third kappa shape index (κ3) is 5.06. The van der Waals surface area contributed by atoms with Gasteiger partial charge in [0.2, 0.25) is 11.5 Å². The van der Waals surface area contributed by atoms with Crippen molar-refractivity contribution in [1.29, 1.82) is 0 Å². The molecule has 0 amide bonds. The van der Waals surface area contributed by atoms with Crippen molar-refractivity contribution in [3.63, 3.8) is 0 Å². The molecule has 1 aromatic rings. The van der Waals surface area contributed by atoms with Crippen LogP contribution in [-0.4, -0.2) is 47.1 Å². The van der Waals surface area contributed by atoms with Gasteiger partial charge in [0.05, 0.1) is 19.6 Å². The molecule has 0 saturated carbocycles. The van der Waals surface area contributed by atoms with Gasteiger partial charge in [0.1, 0.15) is 12.4 Å². The maximum absolute atomic E-state index is 11.8. The van der Waals surface area contributed by atoms with Crippen molar-refractivity contribution in [2.24, 2.45) is 5.92 Å². The molecule has 26 heavy (non-hydrogen) atoms. The van der Waals surface area contributed by atoms with Gasteiger partial charge in [-0.2, -0.15) is 0 Å². The summed E-state index contributed by atoms with van der Waals surface area (Å²) in [6, 6.07) is 1.41. The number of aromatic nitrogens is 2. The van der Waals surface area contributed by atoms with Gasteiger partial charge in [-0.15, -0.1) is 0 Å². The molecule has 0 spiro atoms. The predicted molar refractivity (Wildman–Crippen MR) is 93.6 cm³/mol. The molecule has 8 heteroatoms. The molecule has 0 radical (unpaired) electrons. The van der Waals surface area contributed by atoms with Gasteiger partial charge in [-0.05, 0) is 24.6 Å². The van der Waals surface area contributed by atoms with E-state index < -0.39 is 11.9 Å². The van der Waals surface area contributed by atoms with E-state index in [0.29, 0.717) is 11.6 Å². The molecule has 8 nitrogen and oxygen atoms in total. The number of ether oxygens (including phenoxy) is 2. The van der Waals surface area contributed by atoms with Gasteiger partial charge in [0, 0.05) is 25.4 Å². The van der Waals surface area contributed by atoms with E-state index in [-0.39, 0.29) is 30.7 Å². The molecule has 0 aromatic carbocycles. The van der Waals surface area contributed by atoms with Crippen molar-refractivity contribution in [2.45, 2.75) is 26.5 Å². The number of carbonyl (C=O) groups is 2. The Hall–Kier alpha value is -2.87. The van der Waals surface area contributed by atoms with E-state index in [9.17, 15) is 9.59 Å². The SMILES string of the molecule is COC(=O)CNC1C=C(C)C(OCc2ncccn2)=CC1C(=[NH2+])C(C)=O. The zero-order valence-electron chi connectivity index (χ0n) is 15.1. The molecule has 0 saturated heterocycles. The second-order valence-electron chi connectivity index (χ2n) is 5.85. The van der Waals surface area contributed by atoms with E-state index in [1.165, 1.54) is 14.0 Å². The van der Waals surface area contributed by atoms with Crippen molar-refractivity contribution >= 4 is 17.5 Å². The predicted octanol–water partition coefficient (Wildman–Crippen LogP) is -0.626. The van der Waals surface area contributed by atoms with E-state index in [1.807, 2.05) is 13.0 Å². The first-order chi connectivity index (χ1) is 12.4. The van der Waals surface area contributed by atoms with Gasteiger partial charge < -0.3 is 9.47 Å². The highest BCUT2D eigenvalue weighted by atomic mass is 16.5. The maximum atomic E-state index is 11.8. The Bertz CT molecular complexity index is 743. The lowest BCUT2D eigenvalue weighted by molar-refractivity contribution is -0.140. The Morgan fingerprint density at radius 1 is 1.27 bits per heavy atom. The minimum atomic E-state index is -0.437. The average molecular weight is 359 g/mol. The van der Waals surface area contributed by atoms with Crippen LogP contribution in [0.3, 0.4) is 0 Å². The van der Waals surface area contributed by atoms with Crippen molar-refractivity contribution in [1.82, 2.24) is 15.3 Å². The van der Waals surface area contributed by atoms with E-state index >= 15 is 0 Å². The Balaban J connectivity index is 2.15. The highest BCUT2D eigenvalue weighted by Crippen LogP contribution is 2.25. The maximum Gasteiger partial charge on any atom is 0.319 e. The van der Waals surface area contributed by atoms with Crippen LogP contribution in [0, 0.1) is 5.92 Å². The molecule has 0 fully saturated rings. The number of nitrogens with one attached hydrogen (secondary N) is 1. The molecule has 0 aliphatic heterocycles. The van der Waals surface area contributed by atoms with Gasteiger partial charge in [-0.1, -0.05) is 6.08 Å². The first kappa shape index (κ1) is 19.5. The lowest BCUT2D eigenvalue weighted by atomic mass is 9.86. The molecule has 1 aliphatic rings. The van der Waals surface area contributed by atoms with Crippen LogP contribution in [0.25, 0.3) is 0 Å². The highest BCUT2D eigenvalue weighted by Gasteiger charge is 2.33. The molecule has 2 rings (SSSR count). The number of nitrogens with two attached hydrogens (primary N) is 1. The molecule has 2 atom stereocenters. The summed E-state index contributed by atoms with van der Waals surface area (Å²) in [5, 5.41) is 9.05. The van der Waals surface area contributed by atoms with Crippen LogP contribution in [0.5, 0.6) is 0 Å². The molecule has 2 unspecified atom stereocenters. The van der Waals surface area contributed by atoms with Crippen molar-refractivity contribution < 1.29 is 24.5 Å². The molecular formula is C18H23N4O4+. The number of ketones is 1. The first-order valence-corrected chi connectivity index (χ1v) is 8.15. The molecule has 0 bridgehead atoms. The van der Waals surface area contributed by atoms with Crippen LogP contribution < -0.4 is 10.7 Å². The Kier molecular flexibility index (Phi) is 6.74. The number of nitrogens with zero attached hydrogens (tertiary/aromatic N) is 2. The van der Waals surface area contributed by atoms with Crippen LogP contribution in [0.1, 0.15) is 19.7 Å². The van der Waals surface area contributed by atoms with Gasteiger partial charge in [-0.25, -0.2) is 9.97 Å². The van der Waals surface area contributed by atoms with Gasteiger partial charge in [0.25, 0.3) is 0 Å². The number of allylic oxidation sites excluding steroid dienone is 1. The number of methoxy groups -OCH3 is 1. The average Bonchev–Trinajstić information content (AvgIpc) is 2.65. The number of hydrogen-bond acceptors (Lipinski definition) is 7. The summed E-state index contributed by atoms with van der Waals surface area (Å²) in [5.41, 5.74) is 1.05. The molecule has 1 heterocycles. The zero-order chi connectivity index (χ0) is 19.1. The number of esters is 1. The van der Waals surface area contributed by atoms with Crippen molar-refractivity contribution in [3.8, 4) is 0 Å². The van der Waals surface area contributed by atoms with E-state index in [4.69, 9.17) is 10.1 Å². The van der Waals surface area contributed by atoms with Crippen LogP contribution >= 0.6 is 0 Å². The zero-order valence-corrected chi connectivity index (χ0v) is 15.1. The minimum absolute atomic E-state index is 0.00845. The van der Waals surface area contributed by atoms with Crippen molar-refractivity contribution in [3.05, 3.63) is 47.8 Å². The molecule has 1 aliphatic carbocycles. The first-order valence-electron chi connectivity index (χ1n) is 8.15. The molecule has 1 aromatic heterocycles. The third-order valence-electron chi connectivity index (χ3n) is 3.99. The second kappa shape index (κ2) is 9.00. The summed E-state index contributed by atoms with van der Waals surface area (Å²) in [6.45, 7) is 3.49. The number of hydrogen-bond donors (Lipinski definition) is 2.